The Labute approximate surface area is 104 Å². The first-order chi connectivity index (χ1) is 7.16. The molecule has 2 heterocycles. The number of halogens is 1. The summed E-state index contributed by atoms with van der Waals surface area (Å²) >= 11 is 2.43. The molecule has 4 heteroatoms. The third-order valence-corrected chi connectivity index (χ3v) is 4.03. The molecule has 15 heavy (non-hydrogen) atoms. The summed E-state index contributed by atoms with van der Waals surface area (Å²) in [6.45, 7) is 6.33. The van der Waals surface area contributed by atoms with E-state index in [4.69, 9.17) is 14.2 Å². The third-order valence-electron chi connectivity index (χ3n) is 2.90. The highest BCUT2D eigenvalue weighted by Crippen LogP contribution is 2.32. The van der Waals surface area contributed by atoms with Crippen molar-refractivity contribution in [2.75, 3.05) is 19.8 Å². The van der Waals surface area contributed by atoms with Crippen LogP contribution in [0.3, 0.4) is 0 Å². The second-order valence-corrected chi connectivity index (χ2v) is 5.49. The van der Waals surface area contributed by atoms with E-state index in [1.54, 1.807) is 0 Å². The number of hydrogen-bond acceptors (Lipinski definition) is 3. The molecule has 2 rings (SSSR count). The van der Waals surface area contributed by atoms with Crippen LogP contribution >= 0.6 is 22.6 Å². The van der Waals surface area contributed by atoms with E-state index in [-0.39, 0.29) is 6.29 Å². The van der Waals surface area contributed by atoms with Gasteiger partial charge in [-0.15, -0.1) is 0 Å². The molecule has 0 N–H and O–H groups in total. The Kier molecular flexibility index (Phi) is 4.04. The van der Waals surface area contributed by atoms with Gasteiger partial charge in [0.05, 0.1) is 25.9 Å². The topological polar surface area (TPSA) is 27.7 Å². The second-order valence-electron chi connectivity index (χ2n) is 4.19. The van der Waals surface area contributed by atoms with Crippen molar-refractivity contribution < 1.29 is 14.2 Å². The molecule has 0 saturated carbocycles. The molecule has 0 spiro atoms. The summed E-state index contributed by atoms with van der Waals surface area (Å²) in [6, 6.07) is 0. The van der Waals surface area contributed by atoms with Gasteiger partial charge >= 0.3 is 0 Å². The summed E-state index contributed by atoms with van der Waals surface area (Å²) in [4.78, 5) is 0. The van der Waals surface area contributed by atoms with Gasteiger partial charge in [-0.1, -0.05) is 0 Å². The molecule has 0 aromatic carbocycles. The van der Waals surface area contributed by atoms with Crippen LogP contribution in [-0.4, -0.2) is 32.2 Å². The van der Waals surface area contributed by atoms with E-state index in [0.29, 0.717) is 12.0 Å². The van der Waals surface area contributed by atoms with Crippen LogP contribution in [0.25, 0.3) is 0 Å². The van der Waals surface area contributed by atoms with Crippen molar-refractivity contribution in [2.45, 2.75) is 32.7 Å². The van der Waals surface area contributed by atoms with Crippen molar-refractivity contribution in [3.8, 4) is 0 Å². The van der Waals surface area contributed by atoms with Gasteiger partial charge in [-0.05, 0) is 45.6 Å². The van der Waals surface area contributed by atoms with Crippen molar-refractivity contribution in [2.24, 2.45) is 5.92 Å². The molecule has 0 amide bonds. The minimum absolute atomic E-state index is 0.0528. The Bertz CT molecular complexity index is 257. The van der Waals surface area contributed by atoms with E-state index in [1.165, 1.54) is 9.15 Å². The van der Waals surface area contributed by atoms with Gasteiger partial charge in [-0.25, -0.2) is 0 Å². The first kappa shape index (κ1) is 11.8. The average molecular weight is 324 g/mol. The van der Waals surface area contributed by atoms with Crippen LogP contribution in [0.5, 0.6) is 0 Å². The first-order valence-corrected chi connectivity index (χ1v) is 6.47. The molecule has 1 fully saturated rings. The Morgan fingerprint density at radius 3 is 2.40 bits per heavy atom. The van der Waals surface area contributed by atoms with Crippen LogP contribution in [0.1, 0.15) is 20.3 Å². The fourth-order valence-electron chi connectivity index (χ4n) is 1.89. The Balaban J connectivity index is 2.01. The second kappa shape index (κ2) is 5.12. The zero-order valence-electron chi connectivity index (χ0n) is 9.16. The maximum absolute atomic E-state index is 5.67. The van der Waals surface area contributed by atoms with Gasteiger partial charge < -0.3 is 14.2 Å². The number of rotatable bonds is 1. The van der Waals surface area contributed by atoms with Gasteiger partial charge in [-0.2, -0.15) is 0 Å². The van der Waals surface area contributed by atoms with Gasteiger partial charge in [0, 0.05) is 12.3 Å². The molecular formula is C11H17IO3. The standard InChI is InChI=1S/C11H17IO3/c1-7-3-11(12)10(6-13-7)9-4-14-8(2)15-5-9/h7-9H,3-6H2,1-2H3. The lowest BCUT2D eigenvalue weighted by Crippen LogP contribution is -2.34. The molecule has 0 aliphatic carbocycles. The molecule has 2 aliphatic heterocycles. The van der Waals surface area contributed by atoms with Crippen molar-refractivity contribution in [1.29, 1.82) is 0 Å². The van der Waals surface area contributed by atoms with Crippen LogP contribution < -0.4 is 0 Å². The molecule has 3 nitrogen and oxygen atoms in total. The lowest BCUT2D eigenvalue weighted by atomic mass is 9.97. The number of hydrogen-bond donors (Lipinski definition) is 0. The van der Waals surface area contributed by atoms with Crippen LogP contribution in [-0.2, 0) is 14.2 Å². The van der Waals surface area contributed by atoms with Gasteiger partial charge in [0.15, 0.2) is 6.29 Å². The zero-order valence-corrected chi connectivity index (χ0v) is 11.3. The van der Waals surface area contributed by atoms with Gasteiger partial charge in [-0.3, -0.25) is 0 Å². The molecule has 0 aromatic heterocycles. The summed E-state index contributed by atoms with van der Waals surface area (Å²) in [5.74, 6) is 0.389. The lowest BCUT2D eigenvalue weighted by Gasteiger charge is -2.32. The Morgan fingerprint density at radius 1 is 1.13 bits per heavy atom. The van der Waals surface area contributed by atoms with E-state index in [9.17, 15) is 0 Å². The van der Waals surface area contributed by atoms with Crippen LogP contribution in [0.2, 0.25) is 0 Å². The van der Waals surface area contributed by atoms with E-state index >= 15 is 0 Å². The summed E-state index contributed by atoms with van der Waals surface area (Å²) in [5, 5.41) is 0. The first-order valence-electron chi connectivity index (χ1n) is 5.39. The van der Waals surface area contributed by atoms with Gasteiger partial charge in [0.2, 0.25) is 0 Å². The maximum Gasteiger partial charge on any atom is 0.154 e. The van der Waals surface area contributed by atoms with Crippen molar-refractivity contribution in [3.63, 3.8) is 0 Å². The summed E-state index contributed by atoms with van der Waals surface area (Å²) in [7, 11) is 0. The number of ether oxygens (including phenoxy) is 3. The summed E-state index contributed by atoms with van der Waals surface area (Å²) < 4.78 is 18.1. The largest absolute Gasteiger partial charge is 0.374 e. The molecule has 0 radical (unpaired) electrons. The molecule has 0 bridgehead atoms. The fourth-order valence-corrected chi connectivity index (χ4v) is 3.11. The van der Waals surface area contributed by atoms with Gasteiger partial charge in [0.1, 0.15) is 0 Å². The predicted octanol–water partition coefficient (Wildman–Crippen LogP) is 2.49. The van der Waals surface area contributed by atoms with Crippen molar-refractivity contribution in [1.82, 2.24) is 0 Å². The SMILES string of the molecule is CC1CC(I)=C(C2COC(C)OC2)CO1. The van der Waals surface area contributed by atoms with Crippen LogP contribution in [0.4, 0.5) is 0 Å². The molecule has 1 atom stereocenters. The Morgan fingerprint density at radius 2 is 1.80 bits per heavy atom. The smallest absolute Gasteiger partial charge is 0.154 e. The molecular weight excluding hydrogens is 307 g/mol. The highest BCUT2D eigenvalue weighted by atomic mass is 127. The van der Waals surface area contributed by atoms with E-state index in [0.717, 1.165) is 26.2 Å². The highest BCUT2D eigenvalue weighted by molar-refractivity contribution is 14.1. The molecule has 0 aromatic rings. The lowest BCUT2D eigenvalue weighted by molar-refractivity contribution is -0.185. The fraction of sp³-hybridized carbons (Fsp3) is 0.818. The monoisotopic (exact) mass is 324 g/mol. The van der Waals surface area contributed by atoms with E-state index < -0.39 is 0 Å². The van der Waals surface area contributed by atoms with Crippen LogP contribution in [0, 0.1) is 5.92 Å². The quantitative estimate of drug-likeness (QED) is 0.694. The normalized spacial score (nSPS) is 38.2. The van der Waals surface area contributed by atoms with E-state index in [1.807, 2.05) is 6.92 Å². The van der Waals surface area contributed by atoms with Gasteiger partial charge in [0.25, 0.3) is 0 Å². The molecule has 1 unspecified atom stereocenters. The highest BCUT2D eigenvalue weighted by Gasteiger charge is 2.27. The molecule has 1 saturated heterocycles. The minimum Gasteiger partial charge on any atom is -0.374 e. The average Bonchev–Trinajstić information content (AvgIpc) is 2.20. The minimum atomic E-state index is -0.0528. The third kappa shape index (κ3) is 2.93. The molecule has 86 valence electrons. The maximum atomic E-state index is 5.67. The Hall–Kier alpha value is 0.350. The predicted molar refractivity (Wildman–Crippen MR) is 65.9 cm³/mol. The molecule has 2 aliphatic rings. The summed E-state index contributed by atoms with van der Waals surface area (Å²) in [6.07, 6.45) is 1.33. The summed E-state index contributed by atoms with van der Waals surface area (Å²) in [5.41, 5.74) is 1.38. The zero-order chi connectivity index (χ0) is 10.8. The van der Waals surface area contributed by atoms with Crippen molar-refractivity contribution in [3.05, 3.63) is 9.15 Å². The van der Waals surface area contributed by atoms with Crippen LogP contribution in [0.15, 0.2) is 9.15 Å². The van der Waals surface area contributed by atoms with Crippen molar-refractivity contribution >= 4 is 22.6 Å². The van der Waals surface area contributed by atoms with E-state index in [2.05, 4.69) is 29.5 Å².